The maximum Gasteiger partial charge on any atom is 0.0406 e. The molecule has 0 bridgehead atoms. The smallest absolute Gasteiger partial charge is 0.0406 e. The average molecular weight is 257 g/mol. The summed E-state index contributed by atoms with van der Waals surface area (Å²) in [6, 6.07) is 4.73. The summed E-state index contributed by atoms with van der Waals surface area (Å²) in [5, 5.41) is 3.66. The van der Waals surface area contributed by atoms with Gasteiger partial charge in [-0.15, -0.1) is 0 Å². The Morgan fingerprint density at radius 1 is 1.11 bits per heavy atom. The first kappa shape index (κ1) is 13.0. The Kier molecular flexibility index (Phi) is 3.11. The number of rotatable bonds is 1. The van der Waals surface area contributed by atoms with Crippen molar-refractivity contribution in [2.24, 2.45) is 11.3 Å². The molecule has 3 rings (SSSR count). The van der Waals surface area contributed by atoms with Gasteiger partial charge in [-0.1, -0.05) is 31.5 Å². The normalized spacial score (nSPS) is 26.0. The van der Waals surface area contributed by atoms with Gasteiger partial charge in [0.15, 0.2) is 0 Å². The van der Waals surface area contributed by atoms with Gasteiger partial charge in [0.2, 0.25) is 0 Å². The molecule has 2 aliphatic rings. The van der Waals surface area contributed by atoms with E-state index < -0.39 is 0 Å². The van der Waals surface area contributed by atoms with Gasteiger partial charge >= 0.3 is 0 Å². The van der Waals surface area contributed by atoms with E-state index in [9.17, 15) is 0 Å². The van der Waals surface area contributed by atoms with E-state index in [0.717, 1.165) is 18.4 Å². The van der Waals surface area contributed by atoms with Crippen LogP contribution in [0.1, 0.15) is 62.1 Å². The highest BCUT2D eigenvalue weighted by atomic mass is 14.9. The Morgan fingerprint density at radius 2 is 1.79 bits per heavy atom. The molecule has 0 radical (unpaired) electrons. The topological polar surface area (TPSA) is 12.0 Å². The molecule has 1 fully saturated rings. The largest absolute Gasteiger partial charge is 0.384 e. The highest BCUT2D eigenvalue weighted by molar-refractivity contribution is 5.64. The molecule has 0 saturated heterocycles. The van der Waals surface area contributed by atoms with Gasteiger partial charge in [0.1, 0.15) is 0 Å². The number of anilines is 1. The molecule has 1 saturated carbocycles. The van der Waals surface area contributed by atoms with Gasteiger partial charge < -0.3 is 5.32 Å². The van der Waals surface area contributed by atoms with E-state index in [0.29, 0.717) is 5.41 Å². The molecule has 1 aromatic rings. The molecule has 1 unspecified atom stereocenters. The van der Waals surface area contributed by atoms with Crippen LogP contribution >= 0.6 is 0 Å². The highest BCUT2D eigenvalue weighted by Gasteiger charge is 2.35. The SMILES string of the molecule is Cc1cc(C)c2c(c1)C(C1CCC(C)(C)CC1)CN2. The van der Waals surface area contributed by atoms with Crippen molar-refractivity contribution in [1.82, 2.24) is 0 Å². The van der Waals surface area contributed by atoms with Crippen molar-refractivity contribution in [3.8, 4) is 0 Å². The molecular weight excluding hydrogens is 230 g/mol. The van der Waals surface area contributed by atoms with Gasteiger partial charge in [0.25, 0.3) is 0 Å². The quantitative estimate of drug-likeness (QED) is 0.744. The summed E-state index contributed by atoms with van der Waals surface area (Å²) < 4.78 is 0. The first-order chi connectivity index (χ1) is 8.96. The van der Waals surface area contributed by atoms with Crippen molar-refractivity contribution in [2.75, 3.05) is 11.9 Å². The van der Waals surface area contributed by atoms with E-state index in [4.69, 9.17) is 0 Å². The predicted molar refractivity (Wildman–Crippen MR) is 82.9 cm³/mol. The molecule has 1 nitrogen and oxygen atoms in total. The maximum atomic E-state index is 3.66. The van der Waals surface area contributed by atoms with E-state index in [-0.39, 0.29) is 0 Å². The molecule has 104 valence electrons. The lowest BCUT2D eigenvalue weighted by Gasteiger charge is -2.37. The minimum absolute atomic E-state index is 0.577. The van der Waals surface area contributed by atoms with Gasteiger partial charge in [-0.25, -0.2) is 0 Å². The lowest BCUT2D eigenvalue weighted by molar-refractivity contribution is 0.176. The molecule has 19 heavy (non-hydrogen) atoms. The van der Waals surface area contributed by atoms with Crippen LogP contribution in [0.4, 0.5) is 5.69 Å². The lowest BCUT2D eigenvalue weighted by Crippen LogP contribution is -2.26. The van der Waals surface area contributed by atoms with Gasteiger partial charge in [-0.05, 0) is 62.0 Å². The Balaban J connectivity index is 1.83. The van der Waals surface area contributed by atoms with Gasteiger partial charge in [-0.3, -0.25) is 0 Å². The Hall–Kier alpha value is -0.980. The second-order valence-corrected chi connectivity index (χ2v) is 7.54. The summed E-state index contributed by atoms with van der Waals surface area (Å²) in [5.41, 5.74) is 6.45. The van der Waals surface area contributed by atoms with Crippen LogP contribution < -0.4 is 5.32 Å². The van der Waals surface area contributed by atoms with Crippen molar-refractivity contribution in [1.29, 1.82) is 0 Å². The van der Waals surface area contributed by atoms with Crippen molar-refractivity contribution < 1.29 is 0 Å². The van der Waals surface area contributed by atoms with Crippen LogP contribution in [0.5, 0.6) is 0 Å². The number of aryl methyl sites for hydroxylation is 2. The van der Waals surface area contributed by atoms with Gasteiger partial charge in [-0.2, -0.15) is 0 Å². The molecule has 0 aromatic heterocycles. The number of benzene rings is 1. The monoisotopic (exact) mass is 257 g/mol. The molecule has 1 aliphatic heterocycles. The lowest BCUT2D eigenvalue weighted by atomic mass is 9.68. The van der Waals surface area contributed by atoms with Crippen LogP contribution in [0, 0.1) is 25.2 Å². The van der Waals surface area contributed by atoms with Crippen LogP contribution in [0.15, 0.2) is 12.1 Å². The van der Waals surface area contributed by atoms with E-state index in [1.807, 2.05) is 0 Å². The van der Waals surface area contributed by atoms with E-state index in [1.165, 1.54) is 42.5 Å². The summed E-state index contributed by atoms with van der Waals surface area (Å²) in [5.74, 6) is 1.65. The average Bonchev–Trinajstić information content (AvgIpc) is 2.73. The standard InChI is InChI=1S/C18H27N/c1-12-9-13(2)17-15(10-12)16(11-19-17)14-5-7-18(3,4)8-6-14/h9-10,14,16,19H,5-8,11H2,1-4H3. The second-order valence-electron chi connectivity index (χ2n) is 7.54. The third-order valence-corrected chi connectivity index (χ3v) is 5.36. The second kappa shape index (κ2) is 4.54. The van der Waals surface area contributed by atoms with Crippen molar-refractivity contribution in [2.45, 2.75) is 59.3 Å². The van der Waals surface area contributed by atoms with Crippen LogP contribution in [0.3, 0.4) is 0 Å². The summed E-state index contributed by atoms with van der Waals surface area (Å²) in [7, 11) is 0. The minimum atomic E-state index is 0.577. The number of hydrogen-bond donors (Lipinski definition) is 1. The molecule has 0 spiro atoms. The Bertz CT molecular complexity index is 477. The highest BCUT2D eigenvalue weighted by Crippen LogP contribution is 2.47. The van der Waals surface area contributed by atoms with E-state index in [1.54, 1.807) is 5.56 Å². The molecule has 1 heteroatoms. The minimum Gasteiger partial charge on any atom is -0.384 e. The fourth-order valence-electron chi connectivity index (χ4n) is 4.10. The summed E-state index contributed by atoms with van der Waals surface area (Å²) in [6.45, 7) is 10.5. The Labute approximate surface area is 117 Å². The first-order valence-electron chi connectivity index (χ1n) is 7.81. The van der Waals surface area contributed by atoms with Crippen LogP contribution in [0.2, 0.25) is 0 Å². The molecule has 1 aliphatic carbocycles. The fourth-order valence-corrected chi connectivity index (χ4v) is 4.10. The predicted octanol–water partition coefficient (Wildman–Crippen LogP) is 5.03. The maximum absolute atomic E-state index is 3.66. The summed E-state index contributed by atoms with van der Waals surface area (Å²) in [4.78, 5) is 0. The third kappa shape index (κ3) is 2.40. The Morgan fingerprint density at radius 3 is 2.47 bits per heavy atom. The molecule has 1 heterocycles. The van der Waals surface area contributed by atoms with Crippen molar-refractivity contribution >= 4 is 5.69 Å². The van der Waals surface area contributed by atoms with Crippen molar-refractivity contribution in [3.05, 3.63) is 28.8 Å². The fraction of sp³-hybridized carbons (Fsp3) is 0.667. The van der Waals surface area contributed by atoms with Gasteiger partial charge in [0.05, 0.1) is 0 Å². The van der Waals surface area contributed by atoms with E-state index >= 15 is 0 Å². The zero-order valence-corrected chi connectivity index (χ0v) is 12.8. The number of hydrogen-bond acceptors (Lipinski definition) is 1. The van der Waals surface area contributed by atoms with Crippen LogP contribution in [-0.2, 0) is 0 Å². The summed E-state index contributed by atoms with van der Waals surface area (Å²) >= 11 is 0. The van der Waals surface area contributed by atoms with Gasteiger partial charge in [0, 0.05) is 18.2 Å². The number of nitrogens with one attached hydrogen (secondary N) is 1. The van der Waals surface area contributed by atoms with E-state index in [2.05, 4.69) is 45.1 Å². The zero-order valence-electron chi connectivity index (χ0n) is 12.8. The third-order valence-electron chi connectivity index (χ3n) is 5.36. The first-order valence-corrected chi connectivity index (χ1v) is 7.81. The molecule has 1 atom stereocenters. The molecule has 1 aromatic carbocycles. The zero-order chi connectivity index (χ0) is 13.6. The molecular formula is C18H27N. The molecule has 0 amide bonds. The number of fused-ring (bicyclic) bond motifs is 1. The molecule has 1 N–H and O–H groups in total. The van der Waals surface area contributed by atoms with Crippen LogP contribution in [-0.4, -0.2) is 6.54 Å². The van der Waals surface area contributed by atoms with Crippen molar-refractivity contribution in [3.63, 3.8) is 0 Å². The summed E-state index contributed by atoms with van der Waals surface area (Å²) in [6.07, 6.45) is 5.61. The van der Waals surface area contributed by atoms with Crippen LogP contribution in [0.25, 0.3) is 0 Å².